The minimum Gasteiger partial charge on any atom is -0.480 e. The average molecular weight is 284 g/mol. The number of hydrogen-bond acceptors (Lipinski definition) is 2. The lowest BCUT2D eigenvalue weighted by molar-refractivity contribution is -0.140. The summed E-state index contributed by atoms with van der Waals surface area (Å²) in [5.41, 5.74) is 0. The van der Waals surface area contributed by atoms with Crippen molar-refractivity contribution < 1.29 is 14.7 Å². The second-order valence-electron chi connectivity index (χ2n) is 6.20. The summed E-state index contributed by atoms with van der Waals surface area (Å²) in [6.07, 6.45) is 5.55. The first-order valence-corrected chi connectivity index (χ1v) is 7.62. The van der Waals surface area contributed by atoms with Crippen molar-refractivity contribution in [2.24, 2.45) is 11.8 Å². The third kappa shape index (κ3) is 4.39. The Bertz CT molecular complexity index is 336. The van der Waals surface area contributed by atoms with Gasteiger partial charge in [0, 0.05) is 13.1 Å². The molecule has 0 bridgehead atoms. The summed E-state index contributed by atoms with van der Waals surface area (Å²) >= 11 is 0. The van der Waals surface area contributed by atoms with Crippen molar-refractivity contribution >= 4 is 12.0 Å². The van der Waals surface area contributed by atoms with Crippen LogP contribution in [-0.2, 0) is 4.79 Å². The van der Waals surface area contributed by atoms with E-state index in [-0.39, 0.29) is 18.0 Å². The molecule has 1 atom stereocenters. The molecular weight excluding hydrogens is 256 g/mol. The summed E-state index contributed by atoms with van der Waals surface area (Å²) in [7, 11) is 1.77. The molecule has 1 aliphatic carbocycles. The standard InChI is InChI=1S/C15H28N2O3/c1-5-11-6-8-12(9-7-11)17(4)15(20)16-13(10(2)3)14(18)19/h10-13H,5-9H2,1-4H3,(H,16,20)(H,18,19)/t11?,12?,13-/m1/s1. The molecule has 0 aromatic rings. The number of urea groups is 1. The lowest BCUT2D eigenvalue weighted by Crippen LogP contribution is -2.52. The van der Waals surface area contributed by atoms with E-state index in [1.165, 1.54) is 6.42 Å². The van der Waals surface area contributed by atoms with E-state index in [2.05, 4.69) is 12.2 Å². The fraction of sp³-hybridized carbons (Fsp3) is 0.867. The van der Waals surface area contributed by atoms with Gasteiger partial charge in [-0.2, -0.15) is 0 Å². The van der Waals surface area contributed by atoms with Crippen LogP contribution in [0.1, 0.15) is 52.9 Å². The highest BCUT2D eigenvalue weighted by molar-refractivity contribution is 5.82. The van der Waals surface area contributed by atoms with Gasteiger partial charge in [0.05, 0.1) is 0 Å². The first-order valence-electron chi connectivity index (χ1n) is 7.62. The maximum Gasteiger partial charge on any atom is 0.326 e. The van der Waals surface area contributed by atoms with Crippen molar-refractivity contribution in [3.8, 4) is 0 Å². The number of carbonyl (C=O) groups is 2. The molecule has 0 saturated heterocycles. The molecule has 116 valence electrons. The molecule has 1 aliphatic rings. The van der Waals surface area contributed by atoms with Crippen molar-refractivity contribution in [2.75, 3.05) is 7.05 Å². The smallest absolute Gasteiger partial charge is 0.326 e. The molecule has 0 radical (unpaired) electrons. The summed E-state index contributed by atoms with van der Waals surface area (Å²) in [6, 6.07) is -0.859. The van der Waals surface area contributed by atoms with E-state index in [1.807, 2.05) is 0 Å². The summed E-state index contributed by atoms with van der Waals surface area (Å²) in [5.74, 6) is -0.317. The quantitative estimate of drug-likeness (QED) is 0.815. The van der Waals surface area contributed by atoms with Gasteiger partial charge in [0.2, 0.25) is 0 Å². The van der Waals surface area contributed by atoms with Gasteiger partial charge in [0.15, 0.2) is 0 Å². The largest absolute Gasteiger partial charge is 0.480 e. The molecule has 1 fully saturated rings. The molecule has 2 N–H and O–H groups in total. The zero-order valence-electron chi connectivity index (χ0n) is 13.1. The molecular formula is C15H28N2O3. The Kier molecular flexibility index (Phi) is 6.30. The third-order valence-corrected chi connectivity index (χ3v) is 4.47. The Morgan fingerprint density at radius 1 is 1.25 bits per heavy atom. The lowest BCUT2D eigenvalue weighted by atomic mass is 9.84. The van der Waals surface area contributed by atoms with Crippen LogP contribution in [0.4, 0.5) is 4.79 Å². The van der Waals surface area contributed by atoms with Gasteiger partial charge in [-0.05, 0) is 37.5 Å². The zero-order chi connectivity index (χ0) is 15.3. The molecule has 0 spiro atoms. The predicted molar refractivity (Wildman–Crippen MR) is 78.6 cm³/mol. The first kappa shape index (κ1) is 16.8. The fourth-order valence-corrected chi connectivity index (χ4v) is 2.85. The molecule has 0 heterocycles. The maximum atomic E-state index is 12.2. The minimum atomic E-state index is -0.976. The third-order valence-electron chi connectivity index (χ3n) is 4.47. The average Bonchev–Trinajstić information content (AvgIpc) is 2.43. The highest BCUT2D eigenvalue weighted by Gasteiger charge is 2.29. The lowest BCUT2D eigenvalue weighted by Gasteiger charge is -2.35. The van der Waals surface area contributed by atoms with Gasteiger partial charge >= 0.3 is 12.0 Å². The van der Waals surface area contributed by atoms with E-state index in [1.54, 1.807) is 25.8 Å². The second kappa shape index (κ2) is 7.50. The zero-order valence-corrected chi connectivity index (χ0v) is 13.1. The van der Waals surface area contributed by atoms with Gasteiger partial charge in [-0.1, -0.05) is 27.2 Å². The Labute approximate surface area is 121 Å². The number of carbonyl (C=O) groups excluding carboxylic acids is 1. The highest BCUT2D eigenvalue weighted by Crippen LogP contribution is 2.28. The van der Waals surface area contributed by atoms with E-state index in [4.69, 9.17) is 5.11 Å². The van der Waals surface area contributed by atoms with Crippen molar-refractivity contribution in [3.63, 3.8) is 0 Å². The molecule has 0 unspecified atom stereocenters. The van der Waals surface area contributed by atoms with Gasteiger partial charge in [-0.3, -0.25) is 0 Å². The monoisotopic (exact) mass is 284 g/mol. The molecule has 1 rings (SSSR count). The second-order valence-corrected chi connectivity index (χ2v) is 6.20. The van der Waals surface area contributed by atoms with E-state index in [9.17, 15) is 9.59 Å². The first-order chi connectivity index (χ1) is 9.36. The molecule has 5 heteroatoms. The number of nitrogens with zero attached hydrogens (tertiary/aromatic N) is 1. The molecule has 20 heavy (non-hydrogen) atoms. The summed E-state index contributed by atoms with van der Waals surface area (Å²) in [5, 5.41) is 11.7. The SMILES string of the molecule is CCC1CCC(N(C)C(=O)N[C@@H](C(=O)O)C(C)C)CC1. The summed E-state index contributed by atoms with van der Waals surface area (Å²) < 4.78 is 0. The van der Waals surface area contributed by atoms with Crippen LogP contribution in [0.25, 0.3) is 0 Å². The minimum absolute atomic E-state index is 0.124. The van der Waals surface area contributed by atoms with Crippen molar-refractivity contribution in [1.82, 2.24) is 10.2 Å². The number of amides is 2. The van der Waals surface area contributed by atoms with Gasteiger partial charge in [0.1, 0.15) is 6.04 Å². The Balaban J connectivity index is 2.52. The van der Waals surface area contributed by atoms with E-state index >= 15 is 0 Å². The topological polar surface area (TPSA) is 69.6 Å². The van der Waals surface area contributed by atoms with Gasteiger partial charge < -0.3 is 15.3 Å². The van der Waals surface area contributed by atoms with E-state index in [0.717, 1.165) is 31.6 Å². The van der Waals surface area contributed by atoms with Crippen molar-refractivity contribution in [3.05, 3.63) is 0 Å². The predicted octanol–water partition coefficient (Wildman–Crippen LogP) is 2.71. The number of aliphatic carboxylic acids is 1. The Hall–Kier alpha value is -1.26. The molecule has 0 aromatic carbocycles. The number of rotatable bonds is 5. The normalized spacial score (nSPS) is 24.2. The van der Waals surface area contributed by atoms with Crippen LogP contribution < -0.4 is 5.32 Å². The molecule has 1 saturated carbocycles. The molecule has 0 aliphatic heterocycles. The van der Waals surface area contributed by atoms with Crippen LogP contribution in [-0.4, -0.2) is 41.1 Å². The van der Waals surface area contributed by atoms with Crippen LogP contribution in [0.5, 0.6) is 0 Å². The maximum absolute atomic E-state index is 12.2. The van der Waals surface area contributed by atoms with Crippen LogP contribution in [0.3, 0.4) is 0 Å². The van der Waals surface area contributed by atoms with Crippen LogP contribution in [0, 0.1) is 11.8 Å². The van der Waals surface area contributed by atoms with Gasteiger partial charge in [0.25, 0.3) is 0 Å². The summed E-state index contributed by atoms with van der Waals surface area (Å²) in [6.45, 7) is 5.80. The number of nitrogens with one attached hydrogen (secondary N) is 1. The molecule has 2 amide bonds. The summed E-state index contributed by atoms with van der Waals surface area (Å²) in [4.78, 5) is 25.0. The van der Waals surface area contributed by atoms with Crippen molar-refractivity contribution in [2.45, 2.75) is 65.0 Å². The van der Waals surface area contributed by atoms with E-state index < -0.39 is 12.0 Å². The van der Waals surface area contributed by atoms with Crippen LogP contribution >= 0.6 is 0 Å². The van der Waals surface area contributed by atoms with Gasteiger partial charge in [-0.25, -0.2) is 9.59 Å². The van der Waals surface area contributed by atoms with Crippen LogP contribution in [0.15, 0.2) is 0 Å². The Morgan fingerprint density at radius 3 is 2.20 bits per heavy atom. The highest BCUT2D eigenvalue weighted by atomic mass is 16.4. The number of hydrogen-bond donors (Lipinski definition) is 2. The van der Waals surface area contributed by atoms with Gasteiger partial charge in [-0.15, -0.1) is 0 Å². The Morgan fingerprint density at radius 2 is 1.80 bits per heavy atom. The molecule has 5 nitrogen and oxygen atoms in total. The van der Waals surface area contributed by atoms with Crippen LogP contribution in [0.2, 0.25) is 0 Å². The molecule has 0 aromatic heterocycles. The van der Waals surface area contributed by atoms with Crippen molar-refractivity contribution in [1.29, 1.82) is 0 Å². The van der Waals surface area contributed by atoms with E-state index in [0.29, 0.717) is 0 Å². The number of carboxylic acid groups (broad SMARTS) is 1. The number of carboxylic acids is 1. The fourth-order valence-electron chi connectivity index (χ4n) is 2.85.